The Bertz CT molecular complexity index is 2170. The van der Waals surface area contributed by atoms with Gasteiger partial charge in [-0.05, 0) is 79.0 Å². The van der Waals surface area contributed by atoms with Gasteiger partial charge >= 0.3 is 0 Å². The molecule has 2 nitrogen and oxygen atoms in total. The largest absolute Gasteiger partial charge is 0.250 e. The summed E-state index contributed by atoms with van der Waals surface area (Å²) in [5.41, 5.74) is 18.0. The molecule has 8 aliphatic rings. The Morgan fingerprint density at radius 1 is 0.500 bits per heavy atom. The van der Waals surface area contributed by atoms with E-state index in [0.29, 0.717) is 23.7 Å². The van der Waals surface area contributed by atoms with E-state index in [-0.39, 0.29) is 0 Å². The highest BCUT2D eigenvalue weighted by Crippen LogP contribution is 2.52. The van der Waals surface area contributed by atoms with Crippen LogP contribution in [-0.4, -0.2) is 4.98 Å². The maximum Gasteiger partial charge on any atom is 0.230 e. The highest BCUT2D eigenvalue weighted by molar-refractivity contribution is 5.71. The molecule has 0 saturated heterocycles. The summed E-state index contributed by atoms with van der Waals surface area (Å²) in [7, 11) is 0. The third-order valence-electron chi connectivity index (χ3n) is 10.8. The van der Waals surface area contributed by atoms with Gasteiger partial charge in [0.15, 0.2) is 6.20 Å². The average Bonchev–Trinajstić information content (AvgIpc) is 3.15. The Labute approximate surface area is 281 Å². The van der Waals surface area contributed by atoms with E-state index in [1.165, 1.54) is 55.7 Å². The van der Waals surface area contributed by atoms with Crippen molar-refractivity contribution in [1.29, 1.82) is 0 Å². The minimum Gasteiger partial charge on any atom is -0.250 e. The second-order valence-corrected chi connectivity index (χ2v) is 13.5. The van der Waals surface area contributed by atoms with Crippen molar-refractivity contribution in [2.45, 2.75) is 0 Å². The third-order valence-corrected chi connectivity index (χ3v) is 10.8. The number of aromatic amines is 1. The van der Waals surface area contributed by atoms with Crippen LogP contribution in [0.4, 0.5) is 0 Å². The number of H-pyrrole nitrogens is 1. The molecule has 48 heavy (non-hydrogen) atoms. The topological polar surface area (TPSA) is 27.0 Å². The normalized spacial score (nSPS) is 26.7. The molecular formula is C46H33N2+. The number of hydrogen-bond acceptors (Lipinski definition) is 1. The lowest BCUT2D eigenvalue weighted by Gasteiger charge is -2.41. The van der Waals surface area contributed by atoms with Crippen LogP contribution in [0.2, 0.25) is 0 Å². The SMILES string of the molecule is C1=CC2=CC=C3C=CC=C4C(/C=C/c5ccnc(-c6cc(/C=C/C7=CC8=CC=CC9=CC=C%10C=CC=C7C%10C98)cc[nH+]6)c5)=CC(=C1)C2C34. The minimum absolute atomic E-state index is 0.387. The van der Waals surface area contributed by atoms with Crippen LogP contribution in [-0.2, 0) is 0 Å². The molecule has 0 saturated carbocycles. The molecule has 10 rings (SSSR count). The summed E-state index contributed by atoms with van der Waals surface area (Å²) in [5, 5.41) is 0. The fraction of sp³-hybridized carbons (Fsp3) is 0.0870. The Hall–Kier alpha value is -5.86. The summed E-state index contributed by atoms with van der Waals surface area (Å²) in [6.45, 7) is 0. The van der Waals surface area contributed by atoms with Crippen LogP contribution in [0.1, 0.15) is 11.1 Å². The van der Waals surface area contributed by atoms with Crippen LogP contribution in [0, 0.1) is 23.7 Å². The molecule has 2 aromatic rings. The van der Waals surface area contributed by atoms with Crippen molar-refractivity contribution < 1.29 is 4.98 Å². The number of nitrogens with one attached hydrogen (secondary N) is 1. The average molecular weight is 614 g/mol. The number of aromatic nitrogens is 2. The molecule has 0 amide bonds. The van der Waals surface area contributed by atoms with Crippen molar-refractivity contribution in [3.63, 3.8) is 0 Å². The first-order chi connectivity index (χ1) is 23.8. The summed E-state index contributed by atoms with van der Waals surface area (Å²) in [4.78, 5) is 8.19. The van der Waals surface area contributed by atoms with Crippen LogP contribution in [0.5, 0.6) is 0 Å². The van der Waals surface area contributed by atoms with Crippen molar-refractivity contribution in [3.05, 3.63) is 225 Å². The third kappa shape index (κ3) is 4.41. The highest BCUT2D eigenvalue weighted by atomic mass is 14.8. The van der Waals surface area contributed by atoms with Gasteiger partial charge in [-0.1, -0.05) is 134 Å². The lowest BCUT2D eigenvalue weighted by Crippen LogP contribution is -2.29. The smallest absolute Gasteiger partial charge is 0.230 e. The zero-order valence-corrected chi connectivity index (χ0v) is 26.4. The predicted molar refractivity (Wildman–Crippen MR) is 196 cm³/mol. The highest BCUT2D eigenvalue weighted by Gasteiger charge is 2.40. The van der Waals surface area contributed by atoms with Crippen LogP contribution in [0.15, 0.2) is 214 Å². The minimum atomic E-state index is 0.387. The van der Waals surface area contributed by atoms with Gasteiger partial charge in [-0.2, -0.15) is 0 Å². The number of hydrogen-bond donors (Lipinski definition) is 0. The molecule has 0 radical (unpaired) electrons. The quantitative estimate of drug-likeness (QED) is 0.330. The second-order valence-electron chi connectivity index (χ2n) is 13.5. The van der Waals surface area contributed by atoms with Gasteiger partial charge < -0.3 is 0 Å². The van der Waals surface area contributed by atoms with Crippen molar-refractivity contribution >= 4 is 12.2 Å². The van der Waals surface area contributed by atoms with E-state index >= 15 is 0 Å². The predicted octanol–water partition coefficient (Wildman–Crippen LogP) is 9.65. The number of rotatable bonds is 5. The van der Waals surface area contributed by atoms with Crippen molar-refractivity contribution in [1.82, 2.24) is 4.98 Å². The molecular weight excluding hydrogens is 581 g/mol. The molecule has 0 aliphatic heterocycles. The molecule has 0 bridgehead atoms. The second kappa shape index (κ2) is 10.9. The van der Waals surface area contributed by atoms with Crippen LogP contribution >= 0.6 is 0 Å². The summed E-state index contributed by atoms with van der Waals surface area (Å²) in [6.07, 6.45) is 53.8. The Morgan fingerprint density at radius 2 is 1.02 bits per heavy atom. The molecule has 2 heterocycles. The van der Waals surface area contributed by atoms with Gasteiger partial charge in [0, 0.05) is 42.0 Å². The van der Waals surface area contributed by atoms with Crippen molar-refractivity contribution in [3.8, 4) is 11.4 Å². The van der Waals surface area contributed by atoms with Crippen LogP contribution in [0.25, 0.3) is 23.5 Å². The molecule has 226 valence electrons. The standard InChI is InChI=1S/C46H32N2/c1-5-31-17-19-33-7-3-11-39-35(27-37(9-1)43(31)45(33)39)15-13-29-21-23-47-41(25-29)42-26-30(22-24-48-42)14-16-36-28-38-10-2-6-32-18-20-34-8-4-12-40(36)46(34)44(32)38/h1-28,43-46H/p+1/b15-13+,16-14+. The van der Waals surface area contributed by atoms with Gasteiger partial charge in [-0.15, -0.1) is 0 Å². The lowest BCUT2D eigenvalue weighted by molar-refractivity contribution is -0.364. The van der Waals surface area contributed by atoms with Crippen LogP contribution < -0.4 is 4.98 Å². The fourth-order valence-corrected chi connectivity index (χ4v) is 8.62. The summed E-state index contributed by atoms with van der Waals surface area (Å²) in [5.74, 6) is 1.62. The number of allylic oxidation sites excluding steroid dienone is 30. The molecule has 0 spiro atoms. The maximum atomic E-state index is 4.75. The molecule has 1 N–H and O–H groups in total. The monoisotopic (exact) mass is 613 g/mol. The van der Waals surface area contributed by atoms with E-state index < -0.39 is 0 Å². The van der Waals surface area contributed by atoms with E-state index in [9.17, 15) is 0 Å². The number of nitrogens with zero attached hydrogens (tertiary/aromatic N) is 1. The molecule has 2 heteroatoms. The lowest BCUT2D eigenvalue weighted by atomic mass is 9.62. The summed E-state index contributed by atoms with van der Waals surface area (Å²) < 4.78 is 0. The first kappa shape index (κ1) is 27.3. The first-order valence-electron chi connectivity index (χ1n) is 16.9. The van der Waals surface area contributed by atoms with E-state index in [1.807, 2.05) is 12.4 Å². The maximum absolute atomic E-state index is 4.75. The molecule has 4 atom stereocenters. The van der Waals surface area contributed by atoms with E-state index in [2.05, 4.69) is 163 Å². The van der Waals surface area contributed by atoms with E-state index in [1.54, 1.807) is 0 Å². The molecule has 2 aromatic heterocycles. The Morgan fingerprint density at radius 3 is 1.60 bits per heavy atom. The Balaban J connectivity index is 0.931. The Kier molecular flexibility index (Phi) is 6.17. The zero-order valence-electron chi connectivity index (χ0n) is 26.4. The fourth-order valence-electron chi connectivity index (χ4n) is 8.62. The van der Waals surface area contributed by atoms with Gasteiger partial charge in [0.25, 0.3) is 0 Å². The van der Waals surface area contributed by atoms with Gasteiger partial charge in [-0.3, -0.25) is 0 Å². The molecule has 8 aliphatic carbocycles. The van der Waals surface area contributed by atoms with Crippen LogP contribution in [0.3, 0.4) is 0 Å². The molecule has 0 fully saturated rings. The van der Waals surface area contributed by atoms with E-state index in [4.69, 9.17) is 4.98 Å². The molecule has 4 unspecified atom stereocenters. The molecule has 0 aromatic carbocycles. The number of pyridine rings is 2. The first-order valence-corrected chi connectivity index (χ1v) is 16.9. The van der Waals surface area contributed by atoms with Crippen molar-refractivity contribution in [2.24, 2.45) is 23.7 Å². The van der Waals surface area contributed by atoms with Gasteiger partial charge in [0.1, 0.15) is 5.69 Å². The van der Waals surface area contributed by atoms with Gasteiger partial charge in [0.05, 0.1) is 0 Å². The summed E-state index contributed by atoms with van der Waals surface area (Å²) in [6, 6.07) is 8.57. The van der Waals surface area contributed by atoms with Gasteiger partial charge in [0.2, 0.25) is 5.69 Å². The van der Waals surface area contributed by atoms with E-state index in [0.717, 1.165) is 22.5 Å². The van der Waals surface area contributed by atoms with Crippen molar-refractivity contribution in [2.75, 3.05) is 0 Å². The zero-order chi connectivity index (χ0) is 31.6. The van der Waals surface area contributed by atoms with Gasteiger partial charge in [-0.25, -0.2) is 9.97 Å². The summed E-state index contributed by atoms with van der Waals surface area (Å²) >= 11 is 0.